The fourth-order valence-corrected chi connectivity index (χ4v) is 2.32. The largest absolute Gasteiger partial charge is 0.497 e. The molecular weight excluding hydrogens is 320 g/mol. The summed E-state index contributed by atoms with van der Waals surface area (Å²) in [5.41, 5.74) is 0.718. The SMILES string of the molecule is COc1ccc(Cl)c(NCc2ccc(CSC(F)F)o2)c1. The van der Waals surface area contributed by atoms with Gasteiger partial charge in [0.2, 0.25) is 0 Å². The van der Waals surface area contributed by atoms with Crippen LogP contribution in [-0.4, -0.2) is 12.9 Å². The van der Waals surface area contributed by atoms with E-state index < -0.39 is 5.76 Å². The first-order valence-electron chi connectivity index (χ1n) is 6.13. The molecule has 21 heavy (non-hydrogen) atoms. The van der Waals surface area contributed by atoms with E-state index in [-0.39, 0.29) is 5.75 Å². The van der Waals surface area contributed by atoms with Gasteiger partial charge in [0.15, 0.2) is 0 Å². The molecule has 114 valence electrons. The first kappa shape index (κ1) is 16.0. The van der Waals surface area contributed by atoms with E-state index in [1.807, 2.05) is 0 Å². The van der Waals surface area contributed by atoms with Gasteiger partial charge >= 0.3 is 0 Å². The summed E-state index contributed by atoms with van der Waals surface area (Å²) in [4.78, 5) is 0. The zero-order valence-electron chi connectivity index (χ0n) is 11.2. The summed E-state index contributed by atoms with van der Waals surface area (Å²) in [6, 6.07) is 8.72. The number of hydrogen-bond acceptors (Lipinski definition) is 4. The molecule has 0 saturated heterocycles. The van der Waals surface area contributed by atoms with Gasteiger partial charge in [-0.25, -0.2) is 0 Å². The number of benzene rings is 1. The molecular formula is C14H14ClF2NO2S. The molecule has 0 spiro atoms. The zero-order valence-corrected chi connectivity index (χ0v) is 12.8. The van der Waals surface area contributed by atoms with Crippen LogP contribution in [0.4, 0.5) is 14.5 Å². The average Bonchev–Trinajstić information content (AvgIpc) is 2.92. The van der Waals surface area contributed by atoms with Crippen LogP contribution >= 0.6 is 23.4 Å². The molecule has 0 aliphatic carbocycles. The normalized spacial score (nSPS) is 10.9. The van der Waals surface area contributed by atoms with E-state index in [1.165, 1.54) is 0 Å². The maximum absolute atomic E-state index is 12.1. The van der Waals surface area contributed by atoms with Gasteiger partial charge in [-0.3, -0.25) is 0 Å². The minimum absolute atomic E-state index is 0.150. The standard InChI is InChI=1S/C14H14ClF2NO2S/c1-19-9-4-5-12(15)13(6-9)18-7-10-2-3-11(20-10)8-21-14(16)17/h2-6,14,18H,7-8H2,1H3. The van der Waals surface area contributed by atoms with Crippen LogP contribution in [0.15, 0.2) is 34.7 Å². The molecule has 1 heterocycles. The minimum atomic E-state index is -2.40. The maximum atomic E-state index is 12.1. The smallest absolute Gasteiger partial charge is 0.284 e. The maximum Gasteiger partial charge on any atom is 0.284 e. The Bertz CT molecular complexity index is 592. The van der Waals surface area contributed by atoms with Crippen molar-refractivity contribution in [2.24, 2.45) is 0 Å². The lowest BCUT2D eigenvalue weighted by Crippen LogP contribution is -1.99. The summed E-state index contributed by atoms with van der Waals surface area (Å²) < 4.78 is 34.8. The van der Waals surface area contributed by atoms with Gasteiger partial charge in [-0.1, -0.05) is 23.4 Å². The van der Waals surface area contributed by atoms with Gasteiger partial charge in [-0.05, 0) is 24.3 Å². The Kier molecular flexibility index (Phi) is 5.76. The van der Waals surface area contributed by atoms with Crippen molar-refractivity contribution in [3.63, 3.8) is 0 Å². The van der Waals surface area contributed by atoms with Crippen LogP contribution in [0.5, 0.6) is 5.75 Å². The van der Waals surface area contributed by atoms with Crippen molar-refractivity contribution >= 4 is 29.1 Å². The Labute approximate surface area is 130 Å². The summed E-state index contributed by atoms with van der Waals surface area (Å²) in [5.74, 6) is -0.382. The first-order valence-corrected chi connectivity index (χ1v) is 7.56. The average molecular weight is 334 g/mol. The number of alkyl halides is 2. The molecule has 0 atom stereocenters. The highest BCUT2D eigenvalue weighted by Gasteiger charge is 2.08. The molecule has 0 saturated carbocycles. The van der Waals surface area contributed by atoms with E-state index in [0.29, 0.717) is 40.6 Å². The second kappa shape index (κ2) is 7.56. The predicted octanol–water partition coefficient (Wildman–Crippen LogP) is 5.01. The number of hydrogen-bond donors (Lipinski definition) is 1. The molecule has 0 fully saturated rings. The topological polar surface area (TPSA) is 34.4 Å². The van der Waals surface area contributed by atoms with Crippen molar-refractivity contribution in [1.82, 2.24) is 0 Å². The van der Waals surface area contributed by atoms with Gasteiger partial charge in [0, 0.05) is 6.07 Å². The van der Waals surface area contributed by atoms with Crippen molar-refractivity contribution in [3.8, 4) is 5.75 Å². The van der Waals surface area contributed by atoms with Gasteiger partial charge in [0.1, 0.15) is 17.3 Å². The molecule has 0 amide bonds. The molecule has 0 aliphatic rings. The molecule has 1 aromatic carbocycles. The Morgan fingerprint density at radius 2 is 2.05 bits per heavy atom. The molecule has 0 unspecified atom stereocenters. The third-order valence-electron chi connectivity index (χ3n) is 2.70. The van der Waals surface area contributed by atoms with Crippen LogP contribution in [0.3, 0.4) is 0 Å². The van der Waals surface area contributed by atoms with Gasteiger partial charge in [0.25, 0.3) is 5.76 Å². The Balaban J connectivity index is 1.94. The number of anilines is 1. The number of thioether (sulfide) groups is 1. The molecule has 7 heteroatoms. The predicted molar refractivity (Wildman–Crippen MR) is 81.3 cm³/mol. The van der Waals surface area contributed by atoms with Gasteiger partial charge in [0.05, 0.1) is 30.1 Å². The summed E-state index contributed by atoms with van der Waals surface area (Å²) in [6.07, 6.45) is 0. The van der Waals surface area contributed by atoms with Gasteiger partial charge in [-0.2, -0.15) is 8.78 Å². The summed E-state index contributed by atoms with van der Waals surface area (Å²) >= 11 is 6.61. The Morgan fingerprint density at radius 3 is 2.76 bits per heavy atom. The summed E-state index contributed by atoms with van der Waals surface area (Å²) in [6.45, 7) is 0.409. The fraction of sp³-hybridized carbons (Fsp3) is 0.286. The third-order valence-corrected chi connectivity index (χ3v) is 3.73. The van der Waals surface area contributed by atoms with Crippen LogP contribution < -0.4 is 10.1 Å². The lowest BCUT2D eigenvalue weighted by Gasteiger charge is -2.08. The van der Waals surface area contributed by atoms with Gasteiger partial charge in [-0.15, -0.1) is 0 Å². The van der Waals surface area contributed by atoms with E-state index in [2.05, 4.69) is 5.32 Å². The van der Waals surface area contributed by atoms with Crippen molar-refractivity contribution < 1.29 is 17.9 Å². The number of halogens is 3. The van der Waals surface area contributed by atoms with E-state index in [4.69, 9.17) is 20.8 Å². The molecule has 2 rings (SSSR count). The molecule has 0 radical (unpaired) electrons. The van der Waals surface area contributed by atoms with Crippen molar-refractivity contribution in [3.05, 3.63) is 46.9 Å². The van der Waals surface area contributed by atoms with Crippen molar-refractivity contribution in [2.75, 3.05) is 12.4 Å². The van der Waals surface area contributed by atoms with Crippen LogP contribution in [-0.2, 0) is 12.3 Å². The lowest BCUT2D eigenvalue weighted by atomic mass is 10.3. The molecule has 0 bridgehead atoms. The van der Waals surface area contributed by atoms with E-state index in [0.717, 1.165) is 5.69 Å². The number of nitrogens with one attached hydrogen (secondary N) is 1. The highest BCUT2D eigenvalue weighted by Crippen LogP contribution is 2.27. The van der Waals surface area contributed by atoms with E-state index in [9.17, 15) is 8.78 Å². The van der Waals surface area contributed by atoms with E-state index >= 15 is 0 Å². The fourth-order valence-electron chi connectivity index (χ4n) is 1.69. The van der Waals surface area contributed by atoms with Gasteiger partial charge < -0.3 is 14.5 Å². The van der Waals surface area contributed by atoms with Crippen LogP contribution in [0.25, 0.3) is 0 Å². The third kappa shape index (κ3) is 4.82. The first-order chi connectivity index (χ1) is 10.1. The van der Waals surface area contributed by atoms with Crippen LogP contribution in [0, 0.1) is 0 Å². The highest BCUT2D eigenvalue weighted by atomic mass is 35.5. The zero-order chi connectivity index (χ0) is 15.2. The number of furan rings is 1. The lowest BCUT2D eigenvalue weighted by molar-refractivity contribution is 0.251. The quantitative estimate of drug-likeness (QED) is 0.772. The second-order valence-corrected chi connectivity index (χ2v) is 5.52. The minimum Gasteiger partial charge on any atom is -0.497 e. The molecule has 3 nitrogen and oxygen atoms in total. The monoisotopic (exact) mass is 333 g/mol. The highest BCUT2D eigenvalue weighted by molar-refractivity contribution is 7.98. The summed E-state index contributed by atoms with van der Waals surface area (Å²) in [5, 5.41) is 3.69. The molecule has 2 aromatic rings. The number of ether oxygens (including phenoxy) is 1. The van der Waals surface area contributed by atoms with Crippen LogP contribution in [0.2, 0.25) is 5.02 Å². The number of rotatable bonds is 7. The van der Waals surface area contributed by atoms with Crippen LogP contribution in [0.1, 0.15) is 11.5 Å². The van der Waals surface area contributed by atoms with Crippen molar-refractivity contribution in [2.45, 2.75) is 18.1 Å². The Morgan fingerprint density at radius 1 is 1.29 bits per heavy atom. The molecule has 1 N–H and O–H groups in total. The molecule has 0 aliphatic heterocycles. The number of methoxy groups -OCH3 is 1. The second-order valence-electron chi connectivity index (χ2n) is 4.14. The van der Waals surface area contributed by atoms with Crippen molar-refractivity contribution in [1.29, 1.82) is 0 Å². The molecule has 1 aromatic heterocycles. The van der Waals surface area contributed by atoms with E-state index in [1.54, 1.807) is 37.4 Å². The summed E-state index contributed by atoms with van der Waals surface area (Å²) in [7, 11) is 1.58. The Hall–Kier alpha value is -1.40.